The molecule has 2 atom stereocenters. The quantitative estimate of drug-likeness (QED) is 0.691. The summed E-state index contributed by atoms with van der Waals surface area (Å²) in [5, 5.41) is 0.431. The van der Waals surface area contributed by atoms with E-state index in [9.17, 15) is 13.2 Å². The summed E-state index contributed by atoms with van der Waals surface area (Å²) in [5.41, 5.74) is 0.742. The molecule has 0 bridgehead atoms. The van der Waals surface area contributed by atoms with Crippen molar-refractivity contribution >= 4 is 38.4 Å². The van der Waals surface area contributed by atoms with E-state index in [1.165, 1.54) is 11.8 Å². The standard InChI is InChI=1S/C19H26N2O5S2/c1-5-12(6-2)18(22)20-19-21(14-10-28(23,24)11-17(14)27-19)13-7-8-15(25-3)16(9-13)26-4/h7-9,12,14,17H,5-6,10-11H2,1-4H3. The SMILES string of the molecule is CCC(CC)C(=O)N=C1SC2CS(=O)(=O)CC2N1c1ccc(OC)c(OC)c1. The van der Waals surface area contributed by atoms with E-state index in [4.69, 9.17) is 9.47 Å². The number of rotatable bonds is 6. The number of carbonyl (C=O) groups excluding carboxylic acids is 1. The van der Waals surface area contributed by atoms with Crippen LogP contribution in [0.3, 0.4) is 0 Å². The van der Waals surface area contributed by atoms with E-state index in [2.05, 4.69) is 4.99 Å². The molecule has 154 valence electrons. The molecular formula is C19H26N2O5S2. The number of fused-ring (bicyclic) bond motifs is 1. The summed E-state index contributed by atoms with van der Waals surface area (Å²) in [7, 11) is -0.000915. The van der Waals surface area contributed by atoms with Gasteiger partial charge in [-0.05, 0) is 25.0 Å². The maximum absolute atomic E-state index is 12.6. The lowest BCUT2D eigenvalue weighted by molar-refractivity contribution is -0.121. The molecule has 1 amide bonds. The Labute approximate surface area is 170 Å². The maximum Gasteiger partial charge on any atom is 0.251 e. The number of anilines is 1. The van der Waals surface area contributed by atoms with Gasteiger partial charge in [0.2, 0.25) is 0 Å². The van der Waals surface area contributed by atoms with Crippen LogP contribution in [0.25, 0.3) is 0 Å². The molecule has 1 aromatic carbocycles. The molecule has 0 radical (unpaired) electrons. The van der Waals surface area contributed by atoms with Crippen molar-refractivity contribution < 1.29 is 22.7 Å². The second-order valence-corrected chi connectivity index (χ2v) is 10.3. The first kappa shape index (κ1) is 21.0. The highest BCUT2D eigenvalue weighted by atomic mass is 32.2. The van der Waals surface area contributed by atoms with Crippen molar-refractivity contribution in [3.63, 3.8) is 0 Å². The molecule has 0 aliphatic carbocycles. The van der Waals surface area contributed by atoms with Crippen LogP contribution in [0.4, 0.5) is 5.69 Å². The predicted molar refractivity (Wildman–Crippen MR) is 112 cm³/mol. The maximum atomic E-state index is 12.6. The van der Waals surface area contributed by atoms with Crippen molar-refractivity contribution in [2.75, 3.05) is 30.6 Å². The normalized spacial score (nSPS) is 24.6. The number of sulfone groups is 1. The Morgan fingerprint density at radius 2 is 1.89 bits per heavy atom. The lowest BCUT2D eigenvalue weighted by Crippen LogP contribution is -2.38. The summed E-state index contributed by atoms with van der Waals surface area (Å²) in [6.07, 6.45) is 1.46. The van der Waals surface area contributed by atoms with Crippen molar-refractivity contribution in [2.45, 2.75) is 38.0 Å². The van der Waals surface area contributed by atoms with E-state index in [1.54, 1.807) is 26.4 Å². The zero-order valence-corrected chi connectivity index (χ0v) is 18.2. The van der Waals surface area contributed by atoms with Crippen LogP contribution in [-0.4, -0.2) is 56.5 Å². The van der Waals surface area contributed by atoms with Crippen molar-refractivity contribution in [2.24, 2.45) is 10.9 Å². The number of amides is 1. The van der Waals surface area contributed by atoms with Gasteiger partial charge in [-0.25, -0.2) is 8.42 Å². The number of nitrogens with zero attached hydrogens (tertiary/aromatic N) is 2. The number of aliphatic imine (C=N–C) groups is 1. The molecule has 2 aliphatic heterocycles. The number of hydrogen-bond acceptors (Lipinski definition) is 6. The fraction of sp³-hybridized carbons (Fsp3) is 0.579. The van der Waals surface area contributed by atoms with Gasteiger partial charge in [0.15, 0.2) is 26.5 Å². The smallest absolute Gasteiger partial charge is 0.251 e. The van der Waals surface area contributed by atoms with Crippen molar-refractivity contribution in [3.05, 3.63) is 18.2 Å². The van der Waals surface area contributed by atoms with Crippen LogP contribution in [0, 0.1) is 5.92 Å². The summed E-state index contributed by atoms with van der Waals surface area (Å²) in [6.45, 7) is 3.95. The average molecular weight is 427 g/mol. The first-order valence-corrected chi connectivity index (χ1v) is 12.0. The Hall–Kier alpha value is -1.74. The Balaban J connectivity index is 2.02. The highest BCUT2D eigenvalue weighted by Gasteiger charge is 2.49. The summed E-state index contributed by atoms with van der Waals surface area (Å²) in [5.74, 6) is 1.01. The van der Waals surface area contributed by atoms with Crippen molar-refractivity contribution in [1.29, 1.82) is 0 Å². The van der Waals surface area contributed by atoms with E-state index in [1.807, 2.05) is 24.8 Å². The van der Waals surface area contributed by atoms with Gasteiger partial charge in [0.05, 0.1) is 31.8 Å². The fourth-order valence-corrected chi connectivity index (χ4v) is 7.58. The monoisotopic (exact) mass is 426 g/mol. The van der Waals surface area contributed by atoms with Crippen LogP contribution in [0.1, 0.15) is 26.7 Å². The second kappa shape index (κ2) is 8.32. The first-order valence-electron chi connectivity index (χ1n) is 9.34. The van der Waals surface area contributed by atoms with Crippen LogP contribution < -0.4 is 14.4 Å². The van der Waals surface area contributed by atoms with Gasteiger partial charge in [-0.15, -0.1) is 0 Å². The van der Waals surface area contributed by atoms with Gasteiger partial charge >= 0.3 is 0 Å². The average Bonchev–Trinajstić information content (AvgIpc) is 3.12. The lowest BCUT2D eigenvalue weighted by atomic mass is 10.0. The predicted octanol–water partition coefficient (Wildman–Crippen LogP) is 2.74. The number of amidine groups is 1. The van der Waals surface area contributed by atoms with E-state index in [-0.39, 0.29) is 34.6 Å². The van der Waals surface area contributed by atoms with Gasteiger partial charge in [0, 0.05) is 22.9 Å². The third kappa shape index (κ3) is 4.00. The summed E-state index contributed by atoms with van der Waals surface area (Å²) >= 11 is 1.38. The fourth-order valence-electron chi connectivity index (χ4n) is 3.66. The zero-order valence-electron chi connectivity index (χ0n) is 16.5. The molecule has 1 aromatic rings. The molecule has 2 aliphatic rings. The third-order valence-electron chi connectivity index (χ3n) is 5.25. The third-order valence-corrected chi connectivity index (χ3v) is 8.46. The van der Waals surface area contributed by atoms with E-state index < -0.39 is 9.84 Å². The lowest BCUT2D eigenvalue weighted by Gasteiger charge is -2.25. The Kier molecular flexibility index (Phi) is 6.24. The molecule has 2 saturated heterocycles. The molecule has 7 nitrogen and oxygen atoms in total. The largest absolute Gasteiger partial charge is 0.493 e. The highest BCUT2D eigenvalue weighted by Crippen LogP contribution is 2.43. The van der Waals surface area contributed by atoms with Gasteiger partial charge in [-0.2, -0.15) is 4.99 Å². The van der Waals surface area contributed by atoms with Crippen LogP contribution in [0.15, 0.2) is 23.2 Å². The molecule has 0 N–H and O–H groups in total. The van der Waals surface area contributed by atoms with Gasteiger partial charge < -0.3 is 14.4 Å². The van der Waals surface area contributed by atoms with Crippen LogP contribution in [0.2, 0.25) is 0 Å². The first-order chi connectivity index (χ1) is 13.3. The molecule has 3 rings (SSSR count). The second-order valence-electron chi connectivity index (χ2n) is 6.96. The van der Waals surface area contributed by atoms with Gasteiger partial charge in [-0.3, -0.25) is 4.79 Å². The topological polar surface area (TPSA) is 85.3 Å². The number of carbonyl (C=O) groups is 1. The molecule has 28 heavy (non-hydrogen) atoms. The van der Waals surface area contributed by atoms with Crippen LogP contribution in [-0.2, 0) is 14.6 Å². The van der Waals surface area contributed by atoms with Crippen molar-refractivity contribution in [3.8, 4) is 11.5 Å². The number of thioether (sulfide) groups is 1. The Morgan fingerprint density at radius 1 is 1.21 bits per heavy atom. The minimum atomic E-state index is -3.11. The van der Waals surface area contributed by atoms with Crippen molar-refractivity contribution in [1.82, 2.24) is 0 Å². The van der Waals surface area contributed by atoms with E-state index in [0.717, 1.165) is 18.5 Å². The molecule has 2 heterocycles. The summed E-state index contributed by atoms with van der Waals surface area (Å²) < 4.78 is 35.1. The number of benzene rings is 1. The number of hydrogen-bond donors (Lipinski definition) is 0. The number of methoxy groups -OCH3 is 2. The molecule has 0 spiro atoms. The van der Waals surface area contributed by atoms with Gasteiger partial charge in [0.25, 0.3) is 5.91 Å². The van der Waals surface area contributed by atoms with E-state index >= 15 is 0 Å². The minimum Gasteiger partial charge on any atom is -0.493 e. The molecule has 2 unspecified atom stereocenters. The van der Waals surface area contributed by atoms with Gasteiger partial charge in [0.1, 0.15) is 0 Å². The Morgan fingerprint density at radius 3 is 2.50 bits per heavy atom. The van der Waals surface area contributed by atoms with Gasteiger partial charge in [-0.1, -0.05) is 25.6 Å². The summed E-state index contributed by atoms with van der Waals surface area (Å²) in [6, 6.07) is 5.16. The molecule has 0 saturated carbocycles. The van der Waals surface area contributed by atoms with Crippen LogP contribution >= 0.6 is 11.8 Å². The molecular weight excluding hydrogens is 400 g/mol. The van der Waals surface area contributed by atoms with E-state index in [0.29, 0.717) is 16.7 Å². The molecule has 2 fully saturated rings. The molecule has 0 aromatic heterocycles. The number of ether oxygens (including phenoxy) is 2. The molecule has 9 heteroatoms. The summed E-state index contributed by atoms with van der Waals surface area (Å²) in [4.78, 5) is 18.9. The van der Waals surface area contributed by atoms with Crippen LogP contribution in [0.5, 0.6) is 11.5 Å². The minimum absolute atomic E-state index is 0.0528. The zero-order chi connectivity index (χ0) is 20.5. The highest BCUT2D eigenvalue weighted by molar-refractivity contribution is 8.16. The Bertz CT molecular complexity index is 880.